The van der Waals surface area contributed by atoms with Crippen LogP contribution in [0.25, 0.3) is 0 Å². The molecule has 1 aliphatic carbocycles. The van der Waals surface area contributed by atoms with Crippen LogP contribution in [0, 0.1) is 12.8 Å². The molecule has 2 atom stereocenters. The van der Waals surface area contributed by atoms with Crippen LogP contribution >= 0.6 is 11.6 Å². The number of amides is 1. The summed E-state index contributed by atoms with van der Waals surface area (Å²) in [6, 6.07) is 3.69. The predicted molar refractivity (Wildman–Crippen MR) is 77.5 cm³/mol. The second-order valence-electron chi connectivity index (χ2n) is 5.52. The highest BCUT2D eigenvalue weighted by Crippen LogP contribution is 2.23. The average Bonchev–Trinajstić information content (AvgIpc) is 2.54. The highest BCUT2D eigenvalue weighted by molar-refractivity contribution is 6.29. The van der Waals surface area contributed by atoms with E-state index in [1.54, 1.807) is 12.1 Å². The van der Waals surface area contributed by atoms with Gasteiger partial charge in [-0.25, -0.2) is 4.98 Å². The molecule has 1 aliphatic rings. The third-order valence-electron chi connectivity index (χ3n) is 3.86. The third-order valence-corrected chi connectivity index (χ3v) is 4.06. The van der Waals surface area contributed by atoms with E-state index < -0.39 is 0 Å². The molecule has 1 saturated carbocycles. The van der Waals surface area contributed by atoms with E-state index in [4.69, 9.17) is 11.6 Å². The second-order valence-corrected chi connectivity index (χ2v) is 5.90. The highest BCUT2D eigenvalue weighted by atomic mass is 35.5. The Hall–Kier alpha value is -1.09. The summed E-state index contributed by atoms with van der Waals surface area (Å²) < 4.78 is 0. The molecule has 2 unspecified atom stereocenters. The molecule has 1 aromatic rings. The van der Waals surface area contributed by atoms with Crippen molar-refractivity contribution in [3.05, 3.63) is 28.5 Å². The van der Waals surface area contributed by atoms with Crippen molar-refractivity contribution in [2.24, 2.45) is 5.92 Å². The fourth-order valence-electron chi connectivity index (χ4n) is 2.72. The van der Waals surface area contributed by atoms with Crippen LogP contribution in [-0.2, 0) is 0 Å². The van der Waals surface area contributed by atoms with Gasteiger partial charge in [-0.1, -0.05) is 37.8 Å². The molecule has 3 nitrogen and oxygen atoms in total. The predicted octanol–water partition coefficient (Wildman–Crippen LogP) is 3.74. The first-order valence-corrected chi connectivity index (χ1v) is 7.39. The zero-order chi connectivity index (χ0) is 13.8. The fraction of sp³-hybridized carbons (Fsp3) is 0.600. The number of halogens is 1. The van der Waals surface area contributed by atoms with Gasteiger partial charge < -0.3 is 5.32 Å². The van der Waals surface area contributed by atoms with E-state index >= 15 is 0 Å². The standard InChI is InChI=1S/C15H21ClN2O/c1-10-6-4-3-5-7-13(10)18-15(19)12-8-11(2)17-14(16)9-12/h8-10,13H,3-7H2,1-2H3,(H,18,19). The largest absolute Gasteiger partial charge is 0.349 e. The molecule has 1 amide bonds. The molecule has 1 N–H and O–H groups in total. The lowest BCUT2D eigenvalue weighted by Gasteiger charge is -2.22. The summed E-state index contributed by atoms with van der Waals surface area (Å²) in [5.74, 6) is 0.510. The zero-order valence-corrected chi connectivity index (χ0v) is 12.3. The smallest absolute Gasteiger partial charge is 0.251 e. The number of hydrogen-bond acceptors (Lipinski definition) is 2. The Morgan fingerprint density at radius 3 is 2.79 bits per heavy atom. The van der Waals surface area contributed by atoms with Gasteiger partial charge in [0.1, 0.15) is 5.15 Å². The lowest BCUT2D eigenvalue weighted by molar-refractivity contribution is 0.0921. The molecule has 0 saturated heterocycles. The van der Waals surface area contributed by atoms with Crippen molar-refractivity contribution >= 4 is 17.5 Å². The molecule has 0 bridgehead atoms. The van der Waals surface area contributed by atoms with Crippen molar-refractivity contribution in [2.75, 3.05) is 0 Å². The molecular formula is C15H21ClN2O. The maximum absolute atomic E-state index is 12.3. The third kappa shape index (κ3) is 3.93. The minimum atomic E-state index is -0.0360. The molecule has 2 rings (SSSR count). The van der Waals surface area contributed by atoms with Gasteiger partial charge in [0, 0.05) is 17.3 Å². The first kappa shape index (κ1) is 14.3. The van der Waals surface area contributed by atoms with Gasteiger partial charge in [0.15, 0.2) is 0 Å². The van der Waals surface area contributed by atoms with E-state index in [2.05, 4.69) is 17.2 Å². The SMILES string of the molecule is Cc1cc(C(=O)NC2CCCCCC2C)cc(Cl)n1. The summed E-state index contributed by atoms with van der Waals surface area (Å²) in [7, 11) is 0. The summed E-state index contributed by atoms with van der Waals surface area (Å²) in [4.78, 5) is 16.4. The summed E-state index contributed by atoms with van der Waals surface area (Å²) in [6.45, 7) is 4.07. The monoisotopic (exact) mass is 280 g/mol. The first-order valence-electron chi connectivity index (χ1n) is 7.01. The number of nitrogens with one attached hydrogen (secondary N) is 1. The minimum absolute atomic E-state index is 0.0360. The number of aromatic nitrogens is 1. The molecule has 1 fully saturated rings. The lowest BCUT2D eigenvalue weighted by atomic mass is 9.96. The second kappa shape index (κ2) is 6.38. The van der Waals surface area contributed by atoms with Gasteiger partial charge in [-0.3, -0.25) is 4.79 Å². The maximum atomic E-state index is 12.3. The topological polar surface area (TPSA) is 42.0 Å². The van der Waals surface area contributed by atoms with Gasteiger partial charge in [0.2, 0.25) is 0 Å². The lowest BCUT2D eigenvalue weighted by Crippen LogP contribution is -2.38. The fourth-order valence-corrected chi connectivity index (χ4v) is 2.97. The molecule has 0 radical (unpaired) electrons. The van der Waals surface area contributed by atoms with Crippen LogP contribution in [0.15, 0.2) is 12.1 Å². The van der Waals surface area contributed by atoms with Crippen LogP contribution < -0.4 is 5.32 Å². The molecule has 104 valence electrons. The van der Waals surface area contributed by atoms with Crippen molar-refractivity contribution in [1.29, 1.82) is 0 Å². The molecule has 0 aromatic carbocycles. The van der Waals surface area contributed by atoms with Gasteiger partial charge in [-0.2, -0.15) is 0 Å². The first-order chi connectivity index (χ1) is 9.06. The van der Waals surface area contributed by atoms with Crippen LogP contribution in [0.2, 0.25) is 5.15 Å². The number of carbonyl (C=O) groups excluding carboxylic acids is 1. The number of aryl methyl sites for hydroxylation is 1. The van der Waals surface area contributed by atoms with E-state index in [9.17, 15) is 4.79 Å². The number of rotatable bonds is 2. The molecular weight excluding hydrogens is 260 g/mol. The summed E-state index contributed by atoms with van der Waals surface area (Å²) in [5.41, 5.74) is 1.38. The van der Waals surface area contributed by atoms with Crippen molar-refractivity contribution < 1.29 is 4.79 Å². The van der Waals surface area contributed by atoms with Crippen LogP contribution in [0.5, 0.6) is 0 Å². The normalized spacial score (nSPS) is 23.7. The zero-order valence-electron chi connectivity index (χ0n) is 11.6. The Labute approximate surface area is 119 Å². The Bertz CT molecular complexity index is 441. The van der Waals surface area contributed by atoms with Crippen LogP contribution in [0.4, 0.5) is 0 Å². The van der Waals surface area contributed by atoms with Gasteiger partial charge in [-0.15, -0.1) is 0 Å². The van der Waals surface area contributed by atoms with Crippen LogP contribution in [0.1, 0.15) is 55.1 Å². The highest BCUT2D eigenvalue weighted by Gasteiger charge is 2.22. The average molecular weight is 281 g/mol. The Kier molecular flexibility index (Phi) is 4.81. The Morgan fingerprint density at radius 2 is 2.05 bits per heavy atom. The van der Waals surface area contributed by atoms with Gasteiger partial charge in [0.05, 0.1) is 0 Å². The van der Waals surface area contributed by atoms with Gasteiger partial charge in [0.25, 0.3) is 5.91 Å². The van der Waals surface area contributed by atoms with Crippen molar-refractivity contribution in [3.63, 3.8) is 0 Å². The number of carbonyl (C=O) groups is 1. The van der Waals surface area contributed by atoms with E-state index in [1.165, 1.54) is 25.7 Å². The molecule has 1 heterocycles. The molecule has 1 aromatic heterocycles. The minimum Gasteiger partial charge on any atom is -0.349 e. The van der Waals surface area contributed by atoms with Gasteiger partial charge in [-0.05, 0) is 37.8 Å². The van der Waals surface area contributed by atoms with Crippen LogP contribution in [-0.4, -0.2) is 16.9 Å². The molecule has 19 heavy (non-hydrogen) atoms. The van der Waals surface area contributed by atoms with Crippen molar-refractivity contribution in [2.45, 2.75) is 52.0 Å². The van der Waals surface area contributed by atoms with E-state index in [0.29, 0.717) is 16.6 Å². The number of pyridine rings is 1. The van der Waals surface area contributed by atoms with E-state index in [0.717, 1.165) is 12.1 Å². The van der Waals surface area contributed by atoms with E-state index in [-0.39, 0.29) is 11.9 Å². The van der Waals surface area contributed by atoms with Crippen molar-refractivity contribution in [1.82, 2.24) is 10.3 Å². The maximum Gasteiger partial charge on any atom is 0.251 e. The summed E-state index contributed by atoms with van der Waals surface area (Å²) >= 11 is 5.90. The molecule has 0 aliphatic heterocycles. The Balaban J connectivity index is 2.07. The quantitative estimate of drug-likeness (QED) is 0.662. The number of hydrogen-bond donors (Lipinski definition) is 1. The Morgan fingerprint density at radius 1 is 1.32 bits per heavy atom. The molecule has 4 heteroatoms. The van der Waals surface area contributed by atoms with E-state index in [1.807, 2.05) is 6.92 Å². The van der Waals surface area contributed by atoms with Gasteiger partial charge >= 0.3 is 0 Å². The summed E-state index contributed by atoms with van der Waals surface area (Å²) in [6.07, 6.45) is 6.02. The van der Waals surface area contributed by atoms with Crippen LogP contribution in [0.3, 0.4) is 0 Å². The summed E-state index contributed by atoms with van der Waals surface area (Å²) in [5, 5.41) is 3.53. The molecule has 0 spiro atoms. The van der Waals surface area contributed by atoms with Crippen molar-refractivity contribution in [3.8, 4) is 0 Å². The number of nitrogens with zero attached hydrogens (tertiary/aromatic N) is 1.